The van der Waals surface area contributed by atoms with Gasteiger partial charge < -0.3 is 16.8 Å². The van der Waals surface area contributed by atoms with Gasteiger partial charge >= 0.3 is 0 Å². The molecule has 6 heteroatoms. The van der Waals surface area contributed by atoms with E-state index in [9.17, 15) is 0 Å². The second-order valence-electron chi connectivity index (χ2n) is 3.96. The number of rotatable bonds is 3. The second-order valence-corrected chi connectivity index (χ2v) is 4.87. The molecule has 1 aromatic carbocycles. The molecule has 0 spiro atoms. The van der Waals surface area contributed by atoms with Crippen LogP contribution >= 0.6 is 15.9 Å². The third-order valence-electron chi connectivity index (χ3n) is 2.48. The van der Waals surface area contributed by atoms with E-state index in [2.05, 4.69) is 31.2 Å². The monoisotopic (exact) mass is 307 g/mol. The Morgan fingerprint density at radius 1 is 1.22 bits per heavy atom. The van der Waals surface area contributed by atoms with Crippen LogP contribution in [0.3, 0.4) is 0 Å². The molecule has 0 aliphatic carbocycles. The molecule has 18 heavy (non-hydrogen) atoms. The van der Waals surface area contributed by atoms with E-state index in [1.165, 1.54) is 0 Å². The highest BCUT2D eigenvalue weighted by molar-refractivity contribution is 9.10. The second kappa shape index (κ2) is 5.22. The number of nitrogen functional groups attached to an aromatic ring is 2. The van der Waals surface area contributed by atoms with Crippen LogP contribution in [0.1, 0.15) is 18.5 Å². The van der Waals surface area contributed by atoms with Crippen LogP contribution in [0.5, 0.6) is 0 Å². The third kappa shape index (κ3) is 3.10. The third-order valence-corrected chi connectivity index (χ3v) is 2.97. The first-order chi connectivity index (χ1) is 8.54. The number of nitrogens with zero attached hydrogens (tertiary/aromatic N) is 2. The minimum Gasteiger partial charge on any atom is -0.383 e. The van der Waals surface area contributed by atoms with Crippen molar-refractivity contribution in [3.8, 4) is 0 Å². The molecule has 5 N–H and O–H groups in total. The van der Waals surface area contributed by atoms with Crippen molar-refractivity contribution in [3.63, 3.8) is 0 Å². The van der Waals surface area contributed by atoms with E-state index >= 15 is 0 Å². The minimum atomic E-state index is 0.0937. The molecule has 0 aliphatic rings. The van der Waals surface area contributed by atoms with Gasteiger partial charge in [0, 0.05) is 16.6 Å². The summed E-state index contributed by atoms with van der Waals surface area (Å²) in [7, 11) is 0. The van der Waals surface area contributed by atoms with E-state index in [1.54, 1.807) is 6.07 Å². The highest BCUT2D eigenvalue weighted by Crippen LogP contribution is 2.22. The highest BCUT2D eigenvalue weighted by Gasteiger charge is 2.07. The minimum absolute atomic E-state index is 0.0937. The predicted octanol–water partition coefficient (Wildman–Crippen LogP) is 2.58. The van der Waals surface area contributed by atoms with E-state index in [-0.39, 0.29) is 12.0 Å². The molecular formula is C12H14BrN5. The van der Waals surface area contributed by atoms with Crippen molar-refractivity contribution in [2.45, 2.75) is 13.0 Å². The summed E-state index contributed by atoms with van der Waals surface area (Å²) < 4.78 is 1.04. The Morgan fingerprint density at radius 2 is 2.00 bits per heavy atom. The van der Waals surface area contributed by atoms with Crippen molar-refractivity contribution >= 4 is 33.5 Å². The van der Waals surface area contributed by atoms with Crippen molar-refractivity contribution in [3.05, 3.63) is 40.4 Å². The summed E-state index contributed by atoms with van der Waals surface area (Å²) in [6, 6.07) is 9.81. The van der Waals surface area contributed by atoms with Crippen LogP contribution in [0.25, 0.3) is 0 Å². The molecular weight excluding hydrogens is 294 g/mol. The molecule has 2 aromatic rings. The molecule has 0 amide bonds. The zero-order chi connectivity index (χ0) is 13.1. The molecule has 0 bridgehead atoms. The summed E-state index contributed by atoms with van der Waals surface area (Å²) in [5, 5.41) is 3.24. The standard InChI is InChI=1S/C12H14BrN5/c1-7(8-3-2-4-9(13)5-8)16-11-6-10(14)17-12(15)18-11/h2-7H,1H3,(H5,14,15,16,17,18). The van der Waals surface area contributed by atoms with Gasteiger partial charge in [0.1, 0.15) is 11.6 Å². The molecule has 5 nitrogen and oxygen atoms in total. The number of benzene rings is 1. The van der Waals surface area contributed by atoms with Crippen LogP contribution in [-0.2, 0) is 0 Å². The van der Waals surface area contributed by atoms with Crippen LogP contribution in [0.2, 0.25) is 0 Å². The van der Waals surface area contributed by atoms with Crippen molar-refractivity contribution < 1.29 is 0 Å². The summed E-state index contributed by atoms with van der Waals surface area (Å²) in [5.74, 6) is 1.14. The van der Waals surface area contributed by atoms with Gasteiger partial charge in [-0.3, -0.25) is 0 Å². The quantitative estimate of drug-likeness (QED) is 0.811. The van der Waals surface area contributed by atoms with E-state index < -0.39 is 0 Å². The normalized spacial score (nSPS) is 12.1. The van der Waals surface area contributed by atoms with E-state index in [4.69, 9.17) is 11.5 Å². The lowest BCUT2D eigenvalue weighted by molar-refractivity contribution is 0.872. The van der Waals surface area contributed by atoms with Crippen LogP contribution < -0.4 is 16.8 Å². The van der Waals surface area contributed by atoms with Crippen molar-refractivity contribution in [1.29, 1.82) is 0 Å². The molecule has 1 heterocycles. The van der Waals surface area contributed by atoms with Crippen LogP contribution in [0, 0.1) is 0 Å². The van der Waals surface area contributed by atoms with Crippen LogP contribution in [0.4, 0.5) is 17.6 Å². The summed E-state index contributed by atoms with van der Waals surface area (Å²) in [6.45, 7) is 2.04. The Kier molecular flexibility index (Phi) is 3.66. The predicted molar refractivity (Wildman–Crippen MR) is 77.0 cm³/mol. The number of nitrogens with one attached hydrogen (secondary N) is 1. The Balaban J connectivity index is 2.18. The maximum Gasteiger partial charge on any atom is 0.223 e. The summed E-state index contributed by atoms with van der Waals surface area (Å²) in [5.41, 5.74) is 12.3. The highest BCUT2D eigenvalue weighted by atomic mass is 79.9. The molecule has 0 radical (unpaired) electrons. The topological polar surface area (TPSA) is 89.8 Å². The number of hydrogen-bond donors (Lipinski definition) is 3. The number of hydrogen-bond acceptors (Lipinski definition) is 5. The lowest BCUT2D eigenvalue weighted by Crippen LogP contribution is -2.10. The Labute approximate surface area is 114 Å². The van der Waals surface area contributed by atoms with Gasteiger partial charge in [-0.25, -0.2) is 0 Å². The fourth-order valence-electron chi connectivity index (χ4n) is 1.64. The van der Waals surface area contributed by atoms with E-state index in [0.717, 1.165) is 10.0 Å². The van der Waals surface area contributed by atoms with E-state index in [1.807, 2.05) is 31.2 Å². The zero-order valence-electron chi connectivity index (χ0n) is 9.89. The smallest absolute Gasteiger partial charge is 0.223 e. The van der Waals surface area contributed by atoms with Gasteiger partial charge in [-0.15, -0.1) is 0 Å². The van der Waals surface area contributed by atoms with Gasteiger partial charge in [-0.05, 0) is 24.6 Å². The van der Waals surface area contributed by atoms with Gasteiger partial charge in [-0.1, -0.05) is 28.1 Å². The Hall–Kier alpha value is -1.82. The number of nitrogens with two attached hydrogens (primary N) is 2. The van der Waals surface area contributed by atoms with Gasteiger partial charge in [-0.2, -0.15) is 9.97 Å². The van der Waals surface area contributed by atoms with Crippen molar-refractivity contribution in [2.75, 3.05) is 16.8 Å². The Bertz CT molecular complexity index is 538. The average molecular weight is 308 g/mol. The lowest BCUT2D eigenvalue weighted by Gasteiger charge is -2.15. The van der Waals surface area contributed by atoms with Gasteiger partial charge in [0.15, 0.2) is 0 Å². The fourth-order valence-corrected chi connectivity index (χ4v) is 2.06. The fraction of sp³-hybridized carbons (Fsp3) is 0.167. The van der Waals surface area contributed by atoms with Crippen molar-refractivity contribution in [2.24, 2.45) is 0 Å². The number of halogens is 1. The molecule has 0 saturated heterocycles. The number of aromatic nitrogens is 2. The molecule has 0 aliphatic heterocycles. The van der Waals surface area contributed by atoms with Crippen LogP contribution in [0.15, 0.2) is 34.8 Å². The lowest BCUT2D eigenvalue weighted by atomic mass is 10.1. The summed E-state index contributed by atoms with van der Waals surface area (Å²) in [6.07, 6.45) is 0. The Morgan fingerprint density at radius 3 is 2.67 bits per heavy atom. The molecule has 2 rings (SSSR count). The average Bonchev–Trinajstić information content (AvgIpc) is 2.27. The molecule has 0 saturated carbocycles. The largest absolute Gasteiger partial charge is 0.383 e. The zero-order valence-corrected chi connectivity index (χ0v) is 11.5. The molecule has 94 valence electrons. The summed E-state index contributed by atoms with van der Waals surface area (Å²) >= 11 is 3.45. The van der Waals surface area contributed by atoms with Crippen LogP contribution in [-0.4, -0.2) is 9.97 Å². The number of anilines is 3. The molecule has 1 atom stereocenters. The van der Waals surface area contributed by atoms with Gasteiger partial charge in [0.05, 0.1) is 0 Å². The molecule has 1 unspecified atom stereocenters. The van der Waals surface area contributed by atoms with Gasteiger partial charge in [0.2, 0.25) is 5.95 Å². The first-order valence-electron chi connectivity index (χ1n) is 5.46. The van der Waals surface area contributed by atoms with E-state index in [0.29, 0.717) is 11.6 Å². The van der Waals surface area contributed by atoms with Crippen molar-refractivity contribution in [1.82, 2.24) is 9.97 Å². The molecule has 0 fully saturated rings. The van der Waals surface area contributed by atoms with Gasteiger partial charge in [0.25, 0.3) is 0 Å². The maximum atomic E-state index is 5.62. The summed E-state index contributed by atoms with van der Waals surface area (Å²) in [4.78, 5) is 7.91. The first kappa shape index (κ1) is 12.6. The maximum absolute atomic E-state index is 5.62. The SMILES string of the molecule is CC(Nc1cc(N)nc(N)n1)c1cccc(Br)c1. The molecule has 1 aromatic heterocycles. The first-order valence-corrected chi connectivity index (χ1v) is 6.26.